The molecule has 0 fully saturated rings. The van der Waals surface area contributed by atoms with Crippen LogP contribution >= 0.6 is 0 Å². The van der Waals surface area contributed by atoms with Crippen LogP contribution in [-0.2, 0) is 12.8 Å². The Morgan fingerprint density at radius 3 is 2.10 bits per heavy atom. The van der Waals surface area contributed by atoms with E-state index >= 15 is 0 Å². The summed E-state index contributed by atoms with van der Waals surface area (Å²) >= 11 is 0. The fourth-order valence-electron chi connectivity index (χ4n) is 2.59. The number of rotatable bonds is 9. The maximum absolute atomic E-state index is 3.38. The first kappa shape index (κ1) is 15.8. The first-order valence-corrected chi connectivity index (χ1v) is 8.21. The molecule has 0 amide bonds. The molecule has 1 heteroatoms. The molecule has 0 unspecified atom stereocenters. The largest absolute Gasteiger partial charge is 0.317 e. The van der Waals surface area contributed by atoms with Crippen LogP contribution in [-0.4, -0.2) is 13.1 Å². The quantitative estimate of drug-likeness (QED) is 0.662. The summed E-state index contributed by atoms with van der Waals surface area (Å²) < 4.78 is 0. The molecule has 0 aliphatic heterocycles. The Bertz CT molecular complexity index is 487. The van der Waals surface area contributed by atoms with Crippen LogP contribution in [0.1, 0.15) is 42.9 Å². The second-order valence-electron chi connectivity index (χ2n) is 5.64. The third kappa shape index (κ3) is 6.14. The van der Waals surface area contributed by atoms with Crippen molar-refractivity contribution in [3.05, 3.63) is 71.3 Å². The van der Waals surface area contributed by atoms with Crippen LogP contribution in [0.15, 0.2) is 54.6 Å². The monoisotopic (exact) mass is 281 g/mol. The predicted molar refractivity (Wildman–Crippen MR) is 91.8 cm³/mol. The number of benzene rings is 2. The Labute approximate surface area is 129 Å². The van der Waals surface area contributed by atoms with Crippen molar-refractivity contribution in [2.24, 2.45) is 0 Å². The lowest BCUT2D eigenvalue weighted by atomic mass is 10.0. The highest BCUT2D eigenvalue weighted by atomic mass is 14.8. The Hall–Kier alpha value is -1.60. The van der Waals surface area contributed by atoms with Gasteiger partial charge < -0.3 is 5.32 Å². The highest BCUT2D eigenvalue weighted by molar-refractivity contribution is 5.28. The zero-order valence-electron chi connectivity index (χ0n) is 13.1. The van der Waals surface area contributed by atoms with E-state index in [0.29, 0.717) is 0 Å². The Morgan fingerprint density at radius 2 is 1.38 bits per heavy atom. The standard InChI is InChI=1S/C20H27N/c1-2-21-16-8-4-7-9-18-12-14-20(15-13-18)17-19-10-5-3-6-11-19/h3,5-6,10-15,21H,2,4,7-9,16-17H2,1H3. The van der Waals surface area contributed by atoms with Crippen molar-refractivity contribution in [3.8, 4) is 0 Å². The van der Waals surface area contributed by atoms with E-state index < -0.39 is 0 Å². The third-order valence-electron chi connectivity index (χ3n) is 3.84. The summed E-state index contributed by atoms with van der Waals surface area (Å²) in [4.78, 5) is 0. The summed E-state index contributed by atoms with van der Waals surface area (Å²) in [7, 11) is 0. The molecule has 0 aliphatic rings. The molecule has 0 radical (unpaired) electrons. The summed E-state index contributed by atoms with van der Waals surface area (Å²) in [6, 6.07) is 19.8. The van der Waals surface area contributed by atoms with E-state index in [9.17, 15) is 0 Å². The average molecular weight is 281 g/mol. The maximum Gasteiger partial charge on any atom is -0.00258 e. The lowest BCUT2D eigenvalue weighted by molar-refractivity contribution is 0.616. The van der Waals surface area contributed by atoms with Gasteiger partial charge in [-0.2, -0.15) is 0 Å². The van der Waals surface area contributed by atoms with Crippen LogP contribution in [0.2, 0.25) is 0 Å². The van der Waals surface area contributed by atoms with Gasteiger partial charge in [-0.05, 0) is 55.5 Å². The van der Waals surface area contributed by atoms with Gasteiger partial charge in [-0.15, -0.1) is 0 Å². The van der Waals surface area contributed by atoms with Crippen LogP contribution in [0.4, 0.5) is 0 Å². The Kier molecular flexibility index (Phi) is 7.03. The van der Waals surface area contributed by atoms with Crippen LogP contribution < -0.4 is 5.32 Å². The van der Waals surface area contributed by atoms with E-state index in [-0.39, 0.29) is 0 Å². The van der Waals surface area contributed by atoms with Crippen molar-refractivity contribution < 1.29 is 0 Å². The van der Waals surface area contributed by atoms with Crippen molar-refractivity contribution in [2.75, 3.05) is 13.1 Å². The highest BCUT2D eigenvalue weighted by Gasteiger charge is 1.97. The Morgan fingerprint density at radius 1 is 0.714 bits per heavy atom. The summed E-state index contributed by atoms with van der Waals surface area (Å²) in [5.41, 5.74) is 4.25. The average Bonchev–Trinajstić information content (AvgIpc) is 2.53. The van der Waals surface area contributed by atoms with Gasteiger partial charge >= 0.3 is 0 Å². The summed E-state index contributed by atoms with van der Waals surface area (Å²) in [5, 5.41) is 3.38. The third-order valence-corrected chi connectivity index (χ3v) is 3.84. The minimum Gasteiger partial charge on any atom is -0.317 e. The molecule has 112 valence electrons. The van der Waals surface area contributed by atoms with Gasteiger partial charge in [-0.1, -0.05) is 67.9 Å². The normalized spacial score (nSPS) is 10.7. The number of nitrogens with one attached hydrogen (secondary N) is 1. The minimum absolute atomic E-state index is 1.03. The first-order valence-electron chi connectivity index (χ1n) is 8.21. The molecule has 2 aromatic rings. The second kappa shape index (κ2) is 9.36. The smallest absolute Gasteiger partial charge is 0.00258 e. The number of unbranched alkanes of at least 4 members (excludes halogenated alkanes) is 2. The van der Waals surface area contributed by atoms with E-state index in [1.165, 1.54) is 42.4 Å². The van der Waals surface area contributed by atoms with Crippen LogP contribution in [0.25, 0.3) is 0 Å². The molecule has 0 atom stereocenters. The van der Waals surface area contributed by atoms with E-state index in [4.69, 9.17) is 0 Å². The molecule has 0 aliphatic carbocycles. The van der Waals surface area contributed by atoms with Crippen LogP contribution in [0.5, 0.6) is 0 Å². The van der Waals surface area contributed by atoms with Crippen molar-refractivity contribution in [1.82, 2.24) is 5.32 Å². The van der Waals surface area contributed by atoms with E-state index in [0.717, 1.165) is 19.5 Å². The van der Waals surface area contributed by atoms with E-state index in [1.54, 1.807) is 0 Å². The van der Waals surface area contributed by atoms with E-state index in [1.807, 2.05) is 0 Å². The van der Waals surface area contributed by atoms with Gasteiger partial charge in [0.25, 0.3) is 0 Å². The molecule has 0 bridgehead atoms. The maximum atomic E-state index is 3.38. The molecule has 1 nitrogen and oxygen atoms in total. The molecular formula is C20H27N. The van der Waals surface area contributed by atoms with Crippen molar-refractivity contribution >= 4 is 0 Å². The van der Waals surface area contributed by atoms with Gasteiger partial charge in [0.2, 0.25) is 0 Å². The van der Waals surface area contributed by atoms with Gasteiger partial charge in [0, 0.05) is 0 Å². The van der Waals surface area contributed by atoms with Gasteiger partial charge in [-0.25, -0.2) is 0 Å². The van der Waals surface area contributed by atoms with Crippen molar-refractivity contribution in [3.63, 3.8) is 0 Å². The van der Waals surface area contributed by atoms with Gasteiger partial charge in [0.1, 0.15) is 0 Å². The summed E-state index contributed by atoms with van der Waals surface area (Å²) in [6.07, 6.45) is 6.14. The van der Waals surface area contributed by atoms with E-state index in [2.05, 4.69) is 66.8 Å². The molecule has 2 aromatic carbocycles. The predicted octanol–water partition coefficient (Wildman–Crippen LogP) is 4.60. The molecule has 0 spiro atoms. The molecule has 0 aromatic heterocycles. The SMILES string of the molecule is CCNCCCCCc1ccc(Cc2ccccc2)cc1. The molecular weight excluding hydrogens is 254 g/mol. The fraction of sp³-hybridized carbons (Fsp3) is 0.400. The van der Waals surface area contributed by atoms with Gasteiger partial charge in [0.05, 0.1) is 0 Å². The highest BCUT2D eigenvalue weighted by Crippen LogP contribution is 2.12. The van der Waals surface area contributed by atoms with Crippen molar-refractivity contribution in [2.45, 2.75) is 39.0 Å². The zero-order chi connectivity index (χ0) is 14.8. The molecule has 1 N–H and O–H groups in total. The molecule has 2 rings (SSSR count). The molecule has 0 saturated carbocycles. The lowest BCUT2D eigenvalue weighted by Crippen LogP contribution is -2.13. The lowest BCUT2D eigenvalue weighted by Gasteiger charge is -2.05. The fourth-order valence-corrected chi connectivity index (χ4v) is 2.59. The summed E-state index contributed by atoms with van der Waals surface area (Å²) in [5.74, 6) is 0. The van der Waals surface area contributed by atoms with Gasteiger partial charge in [0.15, 0.2) is 0 Å². The second-order valence-corrected chi connectivity index (χ2v) is 5.64. The molecule has 0 saturated heterocycles. The number of aryl methyl sites for hydroxylation is 1. The number of hydrogen-bond acceptors (Lipinski definition) is 1. The van der Waals surface area contributed by atoms with Crippen LogP contribution in [0, 0.1) is 0 Å². The topological polar surface area (TPSA) is 12.0 Å². The molecule has 0 heterocycles. The number of hydrogen-bond donors (Lipinski definition) is 1. The van der Waals surface area contributed by atoms with Crippen LogP contribution in [0.3, 0.4) is 0 Å². The minimum atomic E-state index is 1.03. The molecule has 21 heavy (non-hydrogen) atoms. The zero-order valence-corrected chi connectivity index (χ0v) is 13.1. The Balaban J connectivity index is 1.72. The van der Waals surface area contributed by atoms with Crippen molar-refractivity contribution in [1.29, 1.82) is 0 Å². The first-order chi connectivity index (χ1) is 10.4. The summed E-state index contributed by atoms with van der Waals surface area (Å²) in [6.45, 7) is 4.41. The van der Waals surface area contributed by atoms with Gasteiger partial charge in [-0.3, -0.25) is 0 Å².